The van der Waals surface area contributed by atoms with Crippen LogP contribution in [0, 0.1) is 5.92 Å². The van der Waals surface area contributed by atoms with Crippen molar-refractivity contribution >= 4 is 11.8 Å². The molecule has 0 aromatic heterocycles. The molecule has 1 aliphatic carbocycles. The number of rotatable bonds is 4. The van der Waals surface area contributed by atoms with E-state index in [0.717, 1.165) is 25.0 Å². The van der Waals surface area contributed by atoms with Gasteiger partial charge in [-0.15, -0.1) is 13.2 Å². The average Bonchev–Trinajstić information content (AvgIpc) is 3.39. The number of hydrogen-bond donors (Lipinski definition) is 1. The lowest BCUT2D eigenvalue weighted by Crippen LogP contribution is -2.47. The number of amides is 2. The molecule has 0 unspecified atom stereocenters. The van der Waals surface area contributed by atoms with Gasteiger partial charge in [-0.25, -0.2) is 0 Å². The molecule has 0 atom stereocenters. The Labute approximate surface area is 143 Å². The van der Waals surface area contributed by atoms with E-state index in [4.69, 9.17) is 0 Å². The van der Waals surface area contributed by atoms with Crippen LogP contribution in [0.3, 0.4) is 0 Å². The van der Waals surface area contributed by atoms with E-state index in [1.807, 2.05) is 4.90 Å². The van der Waals surface area contributed by atoms with Gasteiger partial charge in [0, 0.05) is 30.6 Å². The van der Waals surface area contributed by atoms with Crippen LogP contribution in [-0.2, 0) is 4.79 Å². The van der Waals surface area contributed by atoms with E-state index in [9.17, 15) is 22.8 Å². The molecule has 136 valence electrons. The highest BCUT2D eigenvalue weighted by atomic mass is 19.4. The van der Waals surface area contributed by atoms with E-state index in [1.54, 1.807) is 0 Å². The van der Waals surface area contributed by atoms with Crippen molar-refractivity contribution in [3.63, 3.8) is 0 Å². The van der Waals surface area contributed by atoms with E-state index >= 15 is 0 Å². The molecule has 3 rings (SSSR count). The molecule has 2 fully saturated rings. The van der Waals surface area contributed by atoms with Crippen LogP contribution >= 0.6 is 0 Å². The van der Waals surface area contributed by atoms with Crippen LogP contribution in [0.5, 0.6) is 5.75 Å². The van der Waals surface area contributed by atoms with Gasteiger partial charge in [0.05, 0.1) is 0 Å². The number of piperidine rings is 1. The minimum atomic E-state index is -4.75. The Morgan fingerprint density at radius 2 is 1.64 bits per heavy atom. The van der Waals surface area contributed by atoms with Crippen LogP contribution in [0.2, 0.25) is 0 Å². The SMILES string of the molecule is O=C(NC1CCN(C(=O)C2CC2)CC1)c1ccc(OC(F)(F)F)cc1. The van der Waals surface area contributed by atoms with E-state index in [1.165, 1.54) is 12.1 Å². The van der Waals surface area contributed by atoms with Gasteiger partial charge in [0.15, 0.2) is 0 Å². The summed E-state index contributed by atoms with van der Waals surface area (Å²) in [4.78, 5) is 26.0. The first kappa shape index (κ1) is 17.6. The monoisotopic (exact) mass is 356 g/mol. The summed E-state index contributed by atoms with van der Waals surface area (Å²) in [6.45, 7) is 1.25. The molecule has 0 spiro atoms. The third kappa shape index (κ3) is 4.87. The van der Waals surface area contributed by atoms with Gasteiger partial charge in [-0.1, -0.05) is 0 Å². The van der Waals surface area contributed by atoms with Crippen molar-refractivity contribution in [2.75, 3.05) is 13.1 Å². The maximum Gasteiger partial charge on any atom is 0.573 e. The summed E-state index contributed by atoms with van der Waals surface area (Å²) >= 11 is 0. The normalized spacial score (nSPS) is 18.8. The van der Waals surface area contributed by atoms with Crippen LogP contribution in [0.15, 0.2) is 24.3 Å². The van der Waals surface area contributed by atoms with Gasteiger partial charge in [0.2, 0.25) is 5.91 Å². The lowest BCUT2D eigenvalue weighted by molar-refractivity contribution is -0.274. The maximum atomic E-state index is 12.2. The number of nitrogens with one attached hydrogen (secondary N) is 1. The molecule has 1 aromatic carbocycles. The third-order valence-corrected chi connectivity index (χ3v) is 4.42. The third-order valence-electron chi connectivity index (χ3n) is 4.42. The molecule has 0 radical (unpaired) electrons. The molecule has 2 amide bonds. The number of carbonyl (C=O) groups excluding carboxylic acids is 2. The van der Waals surface area contributed by atoms with Crippen LogP contribution in [0.1, 0.15) is 36.0 Å². The number of benzene rings is 1. The Kier molecular flexibility index (Phi) is 4.87. The lowest BCUT2D eigenvalue weighted by atomic mass is 10.0. The van der Waals surface area contributed by atoms with Crippen molar-refractivity contribution in [2.24, 2.45) is 5.92 Å². The highest BCUT2D eigenvalue weighted by molar-refractivity contribution is 5.94. The van der Waals surface area contributed by atoms with Crippen molar-refractivity contribution in [3.8, 4) is 5.75 Å². The minimum Gasteiger partial charge on any atom is -0.406 e. The fourth-order valence-corrected chi connectivity index (χ4v) is 2.91. The summed E-state index contributed by atoms with van der Waals surface area (Å²) in [5.41, 5.74) is 0.269. The van der Waals surface area contributed by atoms with Crippen molar-refractivity contribution < 1.29 is 27.5 Å². The molecule has 25 heavy (non-hydrogen) atoms. The van der Waals surface area contributed by atoms with Gasteiger partial charge in [-0.3, -0.25) is 9.59 Å². The number of alkyl halides is 3. The standard InChI is InChI=1S/C17H19F3N2O3/c18-17(19,20)25-14-5-3-11(4-6-14)15(23)21-13-7-9-22(10-8-13)16(24)12-1-2-12/h3-6,12-13H,1-2,7-10H2,(H,21,23). The molecule has 1 heterocycles. The molecule has 1 N–H and O–H groups in total. The first-order valence-corrected chi connectivity index (χ1v) is 8.27. The fraction of sp³-hybridized carbons (Fsp3) is 0.529. The second-order valence-corrected chi connectivity index (χ2v) is 6.42. The molecule has 1 aromatic rings. The quantitative estimate of drug-likeness (QED) is 0.902. The van der Waals surface area contributed by atoms with Crippen molar-refractivity contribution in [2.45, 2.75) is 38.1 Å². The van der Waals surface area contributed by atoms with E-state index in [-0.39, 0.29) is 35.1 Å². The van der Waals surface area contributed by atoms with Crippen molar-refractivity contribution in [3.05, 3.63) is 29.8 Å². The van der Waals surface area contributed by atoms with Gasteiger partial charge in [0.1, 0.15) is 5.75 Å². The zero-order valence-corrected chi connectivity index (χ0v) is 13.5. The van der Waals surface area contributed by atoms with Crippen LogP contribution < -0.4 is 10.1 Å². The van der Waals surface area contributed by atoms with Gasteiger partial charge >= 0.3 is 6.36 Å². The van der Waals surface area contributed by atoms with Crippen LogP contribution in [-0.4, -0.2) is 42.2 Å². The second kappa shape index (κ2) is 6.93. The summed E-state index contributed by atoms with van der Waals surface area (Å²) in [6, 6.07) is 4.77. The summed E-state index contributed by atoms with van der Waals surface area (Å²) in [5, 5.41) is 2.87. The molecular formula is C17H19F3N2O3. The fourth-order valence-electron chi connectivity index (χ4n) is 2.91. The Bertz CT molecular complexity index is 634. The molecule has 1 aliphatic heterocycles. The molecule has 8 heteroatoms. The number of ether oxygens (including phenoxy) is 1. The first-order chi connectivity index (χ1) is 11.8. The highest BCUT2D eigenvalue weighted by Crippen LogP contribution is 2.32. The van der Waals surface area contributed by atoms with Gasteiger partial charge in [-0.05, 0) is 49.9 Å². The van der Waals surface area contributed by atoms with Gasteiger partial charge < -0.3 is 15.0 Å². The van der Waals surface area contributed by atoms with Crippen LogP contribution in [0.25, 0.3) is 0 Å². The molecule has 2 aliphatic rings. The van der Waals surface area contributed by atoms with Crippen molar-refractivity contribution in [1.29, 1.82) is 0 Å². The zero-order chi connectivity index (χ0) is 18.0. The summed E-state index contributed by atoms with van der Waals surface area (Å²) < 4.78 is 40.1. The number of hydrogen-bond acceptors (Lipinski definition) is 3. The largest absolute Gasteiger partial charge is 0.573 e. The number of likely N-dealkylation sites (tertiary alicyclic amines) is 1. The van der Waals surface area contributed by atoms with Crippen LogP contribution in [0.4, 0.5) is 13.2 Å². The summed E-state index contributed by atoms with van der Waals surface area (Å²) in [6.07, 6.45) is -1.44. The topological polar surface area (TPSA) is 58.6 Å². The zero-order valence-electron chi connectivity index (χ0n) is 13.5. The maximum absolute atomic E-state index is 12.2. The van der Waals surface area contributed by atoms with E-state index < -0.39 is 6.36 Å². The lowest BCUT2D eigenvalue weighted by Gasteiger charge is -2.32. The highest BCUT2D eigenvalue weighted by Gasteiger charge is 2.35. The predicted molar refractivity (Wildman–Crippen MR) is 82.9 cm³/mol. The molecule has 1 saturated heterocycles. The van der Waals surface area contributed by atoms with Gasteiger partial charge in [0.25, 0.3) is 5.91 Å². The molecule has 1 saturated carbocycles. The average molecular weight is 356 g/mol. The molecule has 5 nitrogen and oxygen atoms in total. The Hall–Kier alpha value is -2.25. The van der Waals surface area contributed by atoms with E-state index in [2.05, 4.69) is 10.1 Å². The predicted octanol–water partition coefficient (Wildman–Crippen LogP) is 2.72. The Morgan fingerprint density at radius 1 is 1.04 bits per heavy atom. The van der Waals surface area contributed by atoms with E-state index in [0.29, 0.717) is 25.9 Å². The number of nitrogens with zero attached hydrogens (tertiary/aromatic N) is 1. The Morgan fingerprint density at radius 3 is 2.16 bits per heavy atom. The first-order valence-electron chi connectivity index (χ1n) is 8.27. The summed E-state index contributed by atoms with van der Waals surface area (Å²) in [5.74, 6) is -0.296. The second-order valence-electron chi connectivity index (χ2n) is 6.42. The Balaban J connectivity index is 1.48. The van der Waals surface area contributed by atoms with Gasteiger partial charge in [-0.2, -0.15) is 0 Å². The molecular weight excluding hydrogens is 337 g/mol. The smallest absolute Gasteiger partial charge is 0.406 e. The number of halogens is 3. The molecule has 0 bridgehead atoms. The number of carbonyl (C=O) groups is 2. The van der Waals surface area contributed by atoms with Crippen molar-refractivity contribution in [1.82, 2.24) is 10.2 Å². The minimum absolute atomic E-state index is 0.0399. The summed E-state index contributed by atoms with van der Waals surface area (Å²) in [7, 11) is 0.